The molecular formula is C28H35N5O7. The van der Waals surface area contributed by atoms with Crippen LogP contribution >= 0.6 is 0 Å². The van der Waals surface area contributed by atoms with Crippen molar-refractivity contribution in [3.63, 3.8) is 0 Å². The van der Waals surface area contributed by atoms with Gasteiger partial charge in [0.05, 0.1) is 13.1 Å². The number of alkyl carbamates (subject to hydrolysis) is 1. The Morgan fingerprint density at radius 3 is 1.82 bits per heavy atom. The molecule has 0 radical (unpaired) electrons. The summed E-state index contributed by atoms with van der Waals surface area (Å²) in [5.74, 6) is -1.62. The molecule has 12 nitrogen and oxygen atoms in total. The maximum Gasteiger partial charge on any atom is 0.410 e. The second-order valence-corrected chi connectivity index (χ2v) is 10.1. The number of hydrogen-bond acceptors (Lipinski definition) is 7. The monoisotopic (exact) mass is 553 g/mol. The fourth-order valence-corrected chi connectivity index (χ4v) is 3.93. The van der Waals surface area contributed by atoms with Crippen LogP contribution in [0.1, 0.15) is 38.0 Å². The molecule has 40 heavy (non-hydrogen) atoms. The van der Waals surface area contributed by atoms with Crippen molar-refractivity contribution in [1.82, 2.24) is 26.2 Å². The van der Waals surface area contributed by atoms with Crippen molar-refractivity contribution >= 4 is 29.9 Å². The SMILES string of the molecule is CN(CC(=O)NCC(=O)NCC(=O)NCCNC(=O)OC(C)(C)C)C(=O)OC1c2ccccc2-c2ccccc21. The largest absolute Gasteiger partial charge is 0.444 e. The van der Waals surface area contributed by atoms with Crippen molar-refractivity contribution < 1.29 is 33.4 Å². The second-order valence-electron chi connectivity index (χ2n) is 10.1. The van der Waals surface area contributed by atoms with Crippen LogP contribution in [0, 0.1) is 0 Å². The third-order valence-electron chi connectivity index (χ3n) is 5.70. The van der Waals surface area contributed by atoms with E-state index in [1.807, 2.05) is 48.5 Å². The van der Waals surface area contributed by atoms with Crippen molar-refractivity contribution in [3.8, 4) is 11.1 Å². The summed E-state index contributed by atoms with van der Waals surface area (Å²) in [4.78, 5) is 61.6. The Morgan fingerprint density at radius 2 is 1.25 bits per heavy atom. The molecule has 1 aliphatic rings. The molecule has 0 atom stereocenters. The number of hydrogen-bond donors (Lipinski definition) is 4. The third-order valence-corrected chi connectivity index (χ3v) is 5.70. The van der Waals surface area contributed by atoms with Crippen LogP contribution < -0.4 is 21.3 Å². The molecule has 0 saturated heterocycles. The van der Waals surface area contributed by atoms with E-state index in [1.54, 1.807) is 20.8 Å². The predicted octanol–water partition coefficient (Wildman–Crippen LogP) is 1.70. The van der Waals surface area contributed by atoms with Crippen LogP contribution in [-0.4, -0.2) is 80.2 Å². The highest BCUT2D eigenvalue weighted by molar-refractivity contribution is 5.89. The van der Waals surface area contributed by atoms with Gasteiger partial charge in [0.2, 0.25) is 17.7 Å². The fourth-order valence-electron chi connectivity index (χ4n) is 3.93. The maximum absolute atomic E-state index is 12.7. The molecule has 1 aliphatic carbocycles. The minimum atomic E-state index is -0.686. The number of carbonyl (C=O) groups is 5. The molecule has 0 bridgehead atoms. The highest BCUT2D eigenvalue weighted by atomic mass is 16.6. The predicted molar refractivity (Wildman–Crippen MR) is 146 cm³/mol. The first-order chi connectivity index (χ1) is 18.9. The average molecular weight is 554 g/mol. The molecular weight excluding hydrogens is 518 g/mol. The van der Waals surface area contributed by atoms with Gasteiger partial charge < -0.3 is 35.6 Å². The van der Waals surface area contributed by atoms with E-state index in [-0.39, 0.29) is 32.7 Å². The van der Waals surface area contributed by atoms with Gasteiger partial charge >= 0.3 is 12.2 Å². The van der Waals surface area contributed by atoms with Gasteiger partial charge in [-0.25, -0.2) is 9.59 Å². The minimum Gasteiger partial charge on any atom is -0.444 e. The quantitative estimate of drug-likeness (QED) is 0.327. The molecule has 0 aromatic heterocycles. The zero-order valence-electron chi connectivity index (χ0n) is 23.0. The van der Waals surface area contributed by atoms with E-state index in [9.17, 15) is 24.0 Å². The van der Waals surface area contributed by atoms with Crippen LogP contribution in [0.5, 0.6) is 0 Å². The fraction of sp³-hybridized carbons (Fsp3) is 0.393. The summed E-state index contributed by atoms with van der Waals surface area (Å²) in [6, 6.07) is 15.3. The lowest BCUT2D eigenvalue weighted by Gasteiger charge is -2.21. The van der Waals surface area contributed by atoms with Crippen LogP contribution in [0.3, 0.4) is 0 Å². The molecule has 5 amide bonds. The van der Waals surface area contributed by atoms with Crippen molar-refractivity contribution in [3.05, 3.63) is 59.7 Å². The first kappa shape index (κ1) is 29.9. The molecule has 3 rings (SSSR count). The molecule has 2 aromatic carbocycles. The molecule has 0 saturated carbocycles. The van der Waals surface area contributed by atoms with Crippen molar-refractivity contribution in [2.75, 3.05) is 39.8 Å². The standard InChI is InChI=1S/C28H35N5O7/c1-28(2,3)40-26(37)30-14-13-29-22(34)15-31-23(35)16-32-24(36)17-33(4)27(38)39-25-20-11-7-5-9-18(20)19-10-6-8-12-21(19)25/h5-12,25H,13-17H2,1-4H3,(H,29,34)(H,30,37)(H,31,35)(H,32,36). The van der Waals surface area contributed by atoms with E-state index in [0.29, 0.717) is 0 Å². The van der Waals surface area contributed by atoms with Gasteiger partial charge in [0, 0.05) is 31.3 Å². The van der Waals surface area contributed by atoms with E-state index in [2.05, 4.69) is 21.3 Å². The van der Waals surface area contributed by atoms with Gasteiger partial charge in [-0.3, -0.25) is 14.4 Å². The zero-order chi connectivity index (χ0) is 29.3. The van der Waals surface area contributed by atoms with Gasteiger partial charge in [0.1, 0.15) is 12.1 Å². The normalized spacial score (nSPS) is 11.9. The number of ether oxygens (including phenoxy) is 2. The van der Waals surface area contributed by atoms with Gasteiger partial charge in [-0.15, -0.1) is 0 Å². The lowest BCUT2D eigenvalue weighted by molar-refractivity contribution is -0.127. The summed E-state index contributed by atoms with van der Waals surface area (Å²) in [5, 5.41) is 9.81. The van der Waals surface area contributed by atoms with Crippen molar-refractivity contribution in [1.29, 1.82) is 0 Å². The highest BCUT2D eigenvalue weighted by Crippen LogP contribution is 2.45. The van der Waals surface area contributed by atoms with Gasteiger partial charge in [-0.2, -0.15) is 0 Å². The molecule has 4 N–H and O–H groups in total. The van der Waals surface area contributed by atoms with Crippen LogP contribution in [0.15, 0.2) is 48.5 Å². The first-order valence-electron chi connectivity index (χ1n) is 12.8. The summed E-state index contributed by atoms with van der Waals surface area (Å²) >= 11 is 0. The number of benzene rings is 2. The number of carbonyl (C=O) groups excluding carboxylic acids is 5. The Balaban J connectivity index is 1.34. The zero-order valence-corrected chi connectivity index (χ0v) is 23.0. The Bertz CT molecular complexity index is 1210. The second kappa shape index (κ2) is 13.5. The smallest absolute Gasteiger partial charge is 0.410 e. The Morgan fingerprint density at radius 1 is 0.750 bits per heavy atom. The average Bonchev–Trinajstić information content (AvgIpc) is 3.21. The lowest BCUT2D eigenvalue weighted by Crippen LogP contribution is -2.45. The Hall–Kier alpha value is -4.61. The molecule has 0 unspecified atom stereocenters. The maximum atomic E-state index is 12.7. The van der Waals surface area contributed by atoms with Crippen LogP contribution in [0.4, 0.5) is 9.59 Å². The van der Waals surface area contributed by atoms with Gasteiger partial charge in [0.15, 0.2) is 6.10 Å². The van der Waals surface area contributed by atoms with E-state index in [4.69, 9.17) is 9.47 Å². The van der Waals surface area contributed by atoms with Crippen LogP contribution in [0.25, 0.3) is 11.1 Å². The van der Waals surface area contributed by atoms with Crippen LogP contribution in [-0.2, 0) is 23.9 Å². The molecule has 2 aromatic rings. The molecule has 0 fully saturated rings. The summed E-state index contributed by atoms with van der Waals surface area (Å²) in [5.41, 5.74) is 3.10. The number of rotatable bonds is 10. The number of fused-ring (bicyclic) bond motifs is 3. The summed E-state index contributed by atoms with van der Waals surface area (Å²) in [6.45, 7) is 4.50. The first-order valence-corrected chi connectivity index (χ1v) is 12.8. The van der Waals surface area contributed by atoms with Crippen molar-refractivity contribution in [2.24, 2.45) is 0 Å². The summed E-state index contributed by atoms with van der Waals surface area (Å²) in [6.07, 6.45) is -1.87. The highest BCUT2D eigenvalue weighted by Gasteiger charge is 2.32. The van der Waals surface area contributed by atoms with Gasteiger partial charge in [-0.1, -0.05) is 48.5 Å². The Labute approximate surface area is 232 Å². The summed E-state index contributed by atoms with van der Waals surface area (Å²) < 4.78 is 10.8. The molecule has 12 heteroatoms. The molecule has 0 aliphatic heterocycles. The Kier molecular flexibility index (Phi) is 10.1. The number of nitrogens with one attached hydrogen (secondary N) is 4. The van der Waals surface area contributed by atoms with E-state index in [1.165, 1.54) is 7.05 Å². The van der Waals surface area contributed by atoms with E-state index >= 15 is 0 Å². The van der Waals surface area contributed by atoms with E-state index < -0.39 is 41.6 Å². The van der Waals surface area contributed by atoms with Crippen LogP contribution in [0.2, 0.25) is 0 Å². The number of likely N-dealkylation sites (N-methyl/N-ethyl adjacent to an activating group) is 1. The molecule has 0 heterocycles. The van der Waals surface area contributed by atoms with E-state index in [0.717, 1.165) is 27.2 Å². The summed E-state index contributed by atoms with van der Waals surface area (Å²) in [7, 11) is 1.43. The minimum absolute atomic E-state index is 0.144. The number of nitrogens with zero attached hydrogens (tertiary/aromatic N) is 1. The van der Waals surface area contributed by atoms with Gasteiger partial charge in [-0.05, 0) is 31.9 Å². The molecule has 0 spiro atoms. The topological polar surface area (TPSA) is 155 Å². The number of amides is 5. The van der Waals surface area contributed by atoms with Crippen molar-refractivity contribution in [2.45, 2.75) is 32.5 Å². The lowest BCUT2D eigenvalue weighted by atomic mass is 10.1. The third kappa shape index (κ3) is 8.72. The van der Waals surface area contributed by atoms with Gasteiger partial charge in [0.25, 0.3) is 0 Å². The molecule has 214 valence electrons.